The summed E-state index contributed by atoms with van der Waals surface area (Å²) in [6.45, 7) is 6.03. The molecule has 17 heavy (non-hydrogen) atoms. The molecule has 0 spiro atoms. The van der Waals surface area contributed by atoms with E-state index >= 15 is 0 Å². The number of nitrogens with zero attached hydrogens (tertiary/aromatic N) is 2. The SMILES string of the molecule is CCCNC1CCCC1N1CCC(N(C)C)C1. The summed E-state index contributed by atoms with van der Waals surface area (Å²) in [7, 11) is 4.44. The van der Waals surface area contributed by atoms with Crippen LogP contribution < -0.4 is 5.32 Å². The van der Waals surface area contributed by atoms with Crippen LogP contribution in [0.15, 0.2) is 0 Å². The third-order valence-electron chi connectivity index (χ3n) is 4.53. The molecule has 100 valence electrons. The zero-order chi connectivity index (χ0) is 12.3. The largest absolute Gasteiger partial charge is 0.312 e. The molecule has 1 aliphatic heterocycles. The molecule has 1 N–H and O–H groups in total. The van der Waals surface area contributed by atoms with Gasteiger partial charge in [-0.15, -0.1) is 0 Å². The van der Waals surface area contributed by atoms with Gasteiger partial charge < -0.3 is 10.2 Å². The molecular formula is C14H29N3. The number of hydrogen-bond acceptors (Lipinski definition) is 3. The van der Waals surface area contributed by atoms with Crippen molar-refractivity contribution < 1.29 is 0 Å². The van der Waals surface area contributed by atoms with E-state index in [1.54, 1.807) is 0 Å². The van der Waals surface area contributed by atoms with Gasteiger partial charge in [-0.2, -0.15) is 0 Å². The van der Waals surface area contributed by atoms with Crippen LogP contribution in [0.2, 0.25) is 0 Å². The smallest absolute Gasteiger partial charge is 0.0250 e. The lowest BCUT2D eigenvalue weighted by Crippen LogP contribution is -2.47. The summed E-state index contributed by atoms with van der Waals surface area (Å²) in [6, 6.07) is 2.35. The maximum Gasteiger partial charge on any atom is 0.0250 e. The van der Waals surface area contributed by atoms with E-state index in [4.69, 9.17) is 0 Å². The maximum atomic E-state index is 3.75. The number of rotatable bonds is 5. The molecule has 0 aromatic heterocycles. The fraction of sp³-hybridized carbons (Fsp3) is 1.00. The average molecular weight is 239 g/mol. The highest BCUT2D eigenvalue weighted by atomic mass is 15.3. The summed E-state index contributed by atoms with van der Waals surface area (Å²) < 4.78 is 0. The van der Waals surface area contributed by atoms with Crippen molar-refractivity contribution in [1.82, 2.24) is 15.1 Å². The predicted molar refractivity (Wildman–Crippen MR) is 73.4 cm³/mol. The minimum absolute atomic E-state index is 0.760. The summed E-state index contributed by atoms with van der Waals surface area (Å²) in [6.07, 6.45) is 6.80. The van der Waals surface area contributed by atoms with Crippen LogP contribution in [-0.4, -0.2) is 61.7 Å². The molecule has 0 bridgehead atoms. The first-order valence-electron chi connectivity index (χ1n) is 7.36. The summed E-state index contributed by atoms with van der Waals surface area (Å²) in [5.41, 5.74) is 0. The first-order valence-corrected chi connectivity index (χ1v) is 7.36. The minimum Gasteiger partial charge on any atom is -0.312 e. The normalized spacial score (nSPS) is 34.9. The van der Waals surface area contributed by atoms with Crippen molar-refractivity contribution in [2.45, 2.75) is 57.2 Å². The number of hydrogen-bond donors (Lipinski definition) is 1. The molecule has 0 radical (unpaired) electrons. The van der Waals surface area contributed by atoms with Crippen LogP contribution in [0.25, 0.3) is 0 Å². The number of nitrogens with one attached hydrogen (secondary N) is 1. The molecule has 2 aliphatic rings. The number of likely N-dealkylation sites (N-methyl/N-ethyl adjacent to an activating group) is 1. The third-order valence-corrected chi connectivity index (χ3v) is 4.53. The molecular weight excluding hydrogens is 210 g/mol. The topological polar surface area (TPSA) is 18.5 Å². The Balaban J connectivity index is 1.84. The summed E-state index contributed by atoms with van der Waals surface area (Å²) >= 11 is 0. The number of likely N-dealkylation sites (tertiary alicyclic amines) is 1. The highest BCUT2D eigenvalue weighted by Crippen LogP contribution is 2.28. The van der Waals surface area contributed by atoms with Gasteiger partial charge in [-0.05, 0) is 46.3 Å². The molecule has 0 amide bonds. The Hall–Kier alpha value is -0.120. The first-order chi connectivity index (χ1) is 8.22. The van der Waals surface area contributed by atoms with Gasteiger partial charge in [0.25, 0.3) is 0 Å². The molecule has 1 saturated carbocycles. The highest BCUT2D eigenvalue weighted by molar-refractivity contribution is 4.94. The van der Waals surface area contributed by atoms with E-state index in [2.05, 4.69) is 36.1 Å². The Kier molecular flexibility index (Phi) is 4.83. The van der Waals surface area contributed by atoms with Gasteiger partial charge >= 0.3 is 0 Å². The Morgan fingerprint density at radius 2 is 2.06 bits per heavy atom. The fourth-order valence-electron chi connectivity index (χ4n) is 3.44. The average Bonchev–Trinajstić information content (AvgIpc) is 2.94. The molecule has 2 rings (SSSR count). The first kappa shape index (κ1) is 13.3. The van der Waals surface area contributed by atoms with Crippen molar-refractivity contribution >= 4 is 0 Å². The van der Waals surface area contributed by atoms with E-state index in [0.29, 0.717) is 0 Å². The van der Waals surface area contributed by atoms with Crippen LogP contribution in [0.1, 0.15) is 39.0 Å². The van der Waals surface area contributed by atoms with Crippen LogP contribution in [0.4, 0.5) is 0 Å². The second-order valence-electron chi connectivity index (χ2n) is 5.96. The molecule has 3 heteroatoms. The lowest BCUT2D eigenvalue weighted by Gasteiger charge is -2.30. The molecule has 0 aromatic rings. The molecule has 1 aliphatic carbocycles. The summed E-state index contributed by atoms with van der Waals surface area (Å²) in [4.78, 5) is 5.13. The molecule has 3 nitrogen and oxygen atoms in total. The zero-order valence-electron chi connectivity index (χ0n) is 11.8. The van der Waals surface area contributed by atoms with E-state index in [1.165, 1.54) is 51.7 Å². The van der Waals surface area contributed by atoms with Gasteiger partial charge in [0.1, 0.15) is 0 Å². The molecule has 2 fully saturated rings. The summed E-state index contributed by atoms with van der Waals surface area (Å²) in [5.74, 6) is 0. The fourth-order valence-corrected chi connectivity index (χ4v) is 3.44. The standard InChI is InChI=1S/C14H29N3/c1-4-9-15-13-6-5-7-14(13)17-10-8-12(11-17)16(2)3/h12-15H,4-11H2,1-3H3. The minimum atomic E-state index is 0.760. The van der Waals surface area contributed by atoms with Gasteiger partial charge in [-0.1, -0.05) is 13.3 Å². The molecule has 3 unspecified atom stereocenters. The van der Waals surface area contributed by atoms with Crippen molar-refractivity contribution in [2.75, 3.05) is 33.7 Å². The van der Waals surface area contributed by atoms with Crippen LogP contribution in [0.3, 0.4) is 0 Å². The molecule has 0 aromatic carbocycles. The van der Waals surface area contributed by atoms with Gasteiger partial charge in [-0.3, -0.25) is 4.90 Å². The molecule has 1 heterocycles. The Morgan fingerprint density at radius 1 is 1.24 bits per heavy atom. The molecule has 1 saturated heterocycles. The van der Waals surface area contributed by atoms with Crippen molar-refractivity contribution in [2.24, 2.45) is 0 Å². The van der Waals surface area contributed by atoms with Crippen molar-refractivity contribution in [1.29, 1.82) is 0 Å². The monoisotopic (exact) mass is 239 g/mol. The van der Waals surface area contributed by atoms with Crippen molar-refractivity contribution in [3.63, 3.8) is 0 Å². The molecule has 3 atom stereocenters. The van der Waals surface area contributed by atoms with Crippen LogP contribution in [-0.2, 0) is 0 Å². The predicted octanol–water partition coefficient (Wildman–Crippen LogP) is 1.54. The van der Waals surface area contributed by atoms with E-state index < -0.39 is 0 Å². The van der Waals surface area contributed by atoms with Gasteiger partial charge in [0.2, 0.25) is 0 Å². The lowest BCUT2D eigenvalue weighted by molar-refractivity contribution is 0.192. The lowest BCUT2D eigenvalue weighted by atomic mass is 10.1. The third kappa shape index (κ3) is 3.21. The van der Waals surface area contributed by atoms with Crippen LogP contribution in [0.5, 0.6) is 0 Å². The van der Waals surface area contributed by atoms with Crippen LogP contribution in [0, 0.1) is 0 Å². The summed E-state index contributed by atoms with van der Waals surface area (Å²) in [5, 5.41) is 3.75. The Bertz CT molecular complexity index is 230. The zero-order valence-corrected chi connectivity index (χ0v) is 11.8. The quantitative estimate of drug-likeness (QED) is 0.785. The second kappa shape index (κ2) is 6.17. The van der Waals surface area contributed by atoms with Crippen molar-refractivity contribution in [3.05, 3.63) is 0 Å². The van der Waals surface area contributed by atoms with E-state index in [9.17, 15) is 0 Å². The van der Waals surface area contributed by atoms with E-state index in [-0.39, 0.29) is 0 Å². The Morgan fingerprint density at radius 3 is 2.71 bits per heavy atom. The highest BCUT2D eigenvalue weighted by Gasteiger charge is 2.35. The Labute approximate surface area is 107 Å². The maximum absolute atomic E-state index is 3.75. The van der Waals surface area contributed by atoms with Gasteiger partial charge in [0.05, 0.1) is 0 Å². The second-order valence-corrected chi connectivity index (χ2v) is 5.96. The van der Waals surface area contributed by atoms with Crippen molar-refractivity contribution in [3.8, 4) is 0 Å². The van der Waals surface area contributed by atoms with E-state index in [0.717, 1.165) is 18.1 Å². The van der Waals surface area contributed by atoms with Crippen LogP contribution >= 0.6 is 0 Å². The van der Waals surface area contributed by atoms with Gasteiger partial charge in [-0.25, -0.2) is 0 Å². The van der Waals surface area contributed by atoms with E-state index in [1.807, 2.05) is 0 Å². The van der Waals surface area contributed by atoms with Gasteiger partial charge in [0, 0.05) is 31.2 Å². The van der Waals surface area contributed by atoms with Gasteiger partial charge in [0.15, 0.2) is 0 Å².